The summed E-state index contributed by atoms with van der Waals surface area (Å²) in [6.45, 7) is 4.77. The highest BCUT2D eigenvalue weighted by Gasteiger charge is 2.17. The molecule has 6 nitrogen and oxygen atoms in total. The van der Waals surface area contributed by atoms with E-state index in [-0.39, 0.29) is 29.7 Å². The number of urea groups is 1. The molecule has 0 aliphatic heterocycles. The van der Waals surface area contributed by atoms with Gasteiger partial charge in [0.05, 0.1) is 12.3 Å². The van der Waals surface area contributed by atoms with Crippen LogP contribution in [0, 0.1) is 5.92 Å². The first kappa shape index (κ1) is 17.6. The van der Waals surface area contributed by atoms with Crippen LogP contribution in [0.5, 0.6) is 0 Å². The van der Waals surface area contributed by atoms with E-state index in [0.717, 1.165) is 5.56 Å². The van der Waals surface area contributed by atoms with Crippen LogP contribution in [-0.2, 0) is 0 Å². The van der Waals surface area contributed by atoms with Crippen LogP contribution in [0.4, 0.5) is 4.79 Å². The fourth-order valence-electron chi connectivity index (χ4n) is 2.33. The number of furan rings is 1. The average Bonchev–Trinajstić information content (AvgIpc) is 3.11. The van der Waals surface area contributed by atoms with E-state index < -0.39 is 0 Å². The minimum absolute atomic E-state index is 0.0658. The number of hydrogen-bond acceptors (Lipinski definition) is 3. The van der Waals surface area contributed by atoms with Crippen LogP contribution in [-0.4, -0.2) is 25.0 Å². The maximum Gasteiger partial charge on any atom is 0.315 e. The van der Waals surface area contributed by atoms with Crippen LogP contribution < -0.4 is 16.0 Å². The molecule has 1 aromatic heterocycles. The first-order valence-corrected chi connectivity index (χ1v) is 7.99. The molecule has 0 bridgehead atoms. The Balaban J connectivity index is 1.74. The lowest BCUT2D eigenvalue weighted by Gasteiger charge is -2.23. The fourth-order valence-corrected chi connectivity index (χ4v) is 2.33. The van der Waals surface area contributed by atoms with E-state index in [2.05, 4.69) is 29.8 Å². The van der Waals surface area contributed by atoms with Gasteiger partial charge in [-0.05, 0) is 23.6 Å². The van der Waals surface area contributed by atoms with Gasteiger partial charge in [-0.2, -0.15) is 0 Å². The van der Waals surface area contributed by atoms with Gasteiger partial charge >= 0.3 is 6.03 Å². The predicted octanol–water partition coefficient (Wildman–Crippen LogP) is 2.71. The zero-order chi connectivity index (χ0) is 17.4. The van der Waals surface area contributed by atoms with Gasteiger partial charge in [0.2, 0.25) is 0 Å². The second-order valence-electron chi connectivity index (χ2n) is 5.77. The van der Waals surface area contributed by atoms with Gasteiger partial charge in [-0.15, -0.1) is 0 Å². The van der Waals surface area contributed by atoms with Crippen LogP contribution in [0.2, 0.25) is 0 Å². The Morgan fingerprint density at radius 3 is 2.33 bits per heavy atom. The van der Waals surface area contributed by atoms with Crippen LogP contribution >= 0.6 is 0 Å². The zero-order valence-corrected chi connectivity index (χ0v) is 13.9. The highest BCUT2D eigenvalue weighted by molar-refractivity contribution is 5.91. The molecule has 1 atom stereocenters. The largest absolute Gasteiger partial charge is 0.459 e. The standard InChI is InChI=1S/C18H23N3O3/c1-13(2)16(14-7-4-3-5-8-14)21-18(23)20-11-10-19-17(22)15-9-6-12-24-15/h3-9,12-13,16H,10-11H2,1-2H3,(H,19,22)(H2,20,21,23). The van der Waals surface area contributed by atoms with E-state index in [0.29, 0.717) is 13.1 Å². The molecule has 3 amide bonds. The first-order valence-electron chi connectivity index (χ1n) is 7.99. The Labute approximate surface area is 141 Å². The number of carbonyl (C=O) groups is 2. The monoisotopic (exact) mass is 329 g/mol. The lowest BCUT2D eigenvalue weighted by atomic mass is 9.96. The lowest BCUT2D eigenvalue weighted by Crippen LogP contribution is -2.42. The van der Waals surface area contributed by atoms with Crippen molar-refractivity contribution in [3.05, 3.63) is 60.1 Å². The minimum Gasteiger partial charge on any atom is -0.459 e. The summed E-state index contributed by atoms with van der Waals surface area (Å²) in [4.78, 5) is 23.7. The molecule has 0 saturated heterocycles. The maximum absolute atomic E-state index is 12.1. The van der Waals surface area contributed by atoms with Crippen molar-refractivity contribution in [3.63, 3.8) is 0 Å². The van der Waals surface area contributed by atoms with Gasteiger partial charge in [0, 0.05) is 13.1 Å². The molecule has 0 spiro atoms. The second-order valence-corrected chi connectivity index (χ2v) is 5.77. The summed E-state index contributed by atoms with van der Waals surface area (Å²) in [7, 11) is 0. The third-order valence-electron chi connectivity index (χ3n) is 3.55. The number of amides is 3. The van der Waals surface area contributed by atoms with Gasteiger partial charge in [-0.25, -0.2) is 4.79 Å². The van der Waals surface area contributed by atoms with Gasteiger partial charge in [0.15, 0.2) is 5.76 Å². The molecule has 128 valence electrons. The molecule has 6 heteroatoms. The molecular formula is C18H23N3O3. The molecule has 2 rings (SSSR count). The average molecular weight is 329 g/mol. The molecule has 1 unspecified atom stereocenters. The third-order valence-corrected chi connectivity index (χ3v) is 3.55. The molecule has 1 aromatic carbocycles. The Kier molecular flexibility index (Phi) is 6.42. The molecular weight excluding hydrogens is 306 g/mol. The maximum atomic E-state index is 12.1. The van der Waals surface area contributed by atoms with Crippen LogP contribution in [0.15, 0.2) is 53.1 Å². The zero-order valence-electron chi connectivity index (χ0n) is 13.9. The number of carbonyl (C=O) groups excluding carboxylic acids is 2. The van der Waals surface area contributed by atoms with Gasteiger partial charge in [-0.1, -0.05) is 44.2 Å². The highest BCUT2D eigenvalue weighted by atomic mass is 16.3. The summed E-state index contributed by atoms with van der Waals surface area (Å²) in [6.07, 6.45) is 1.44. The molecule has 0 aliphatic carbocycles. The van der Waals surface area contributed by atoms with Crippen LogP contribution in [0.1, 0.15) is 36.0 Å². The molecule has 1 heterocycles. The number of benzene rings is 1. The van der Waals surface area contributed by atoms with Gasteiger partial charge in [0.25, 0.3) is 5.91 Å². The summed E-state index contributed by atoms with van der Waals surface area (Å²) < 4.78 is 4.99. The lowest BCUT2D eigenvalue weighted by molar-refractivity contribution is 0.0926. The molecule has 3 N–H and O–H groups in total. The summed E-state index contributed by atoms with van der Waals surface area (Å²) in [5, 5.41) is 8.38. The number of rotatable bonds is 7. The Hall–Kier alpha value is -2.76. The van der Waals surface area contributed by atoms with Gasteiger partial charge < -0.3 is 20.4 Å². The summed E-state index contributed by atoms with van der Waals surface area (Å²) in [5.41, 5.74) is 1.06. The summed E-state index contributed by atoms with van der Waals surface area (Å²) in [5.74, 6) is 0.215. The minimum atomic E-state index is -0.299. The molecule has 24 heavy (non-hydrogen) atoms. The van der Waals surface area contributed by atoms with Crippen molar-refractivity contribution in [2.24, 2.45) is 5.92 Å². The van der Waals surface area contributed by atoms with Crippen LogP contribution in [0.3, 0.4) is 0 Å². The predicted molar refractivity (Wildman–Crippen MR) is 91.6 cm³/mol. The van der Waals surface area contributed by atoms with Crippen LogP contribution in [0.25, 0.3) is 0 Å². The van der Waals surface area contributed by atoms with E-state index in [1.54, 1.807) is 12.1 Å². The quantitative estimate of drug-likeness (QED) is 0.683. The Morgan fingerprint density at radius 2 is 1.71 bits per heavy atom. The van der Waals surface area contributed by atoms with Crippen molar-refractivity contribution >= 4 is 11.9 Å². The smallest absolute Gasteiger partial charge is 0.315 e. The topological polar surface area (TPSA) is 83.4 Å². The molecule has 2 aromatic rings. The third kappa shape index (κ3) is 5.15. The Morgan fingerprint density at radius 1 is 1.00 bits per heavy atom. The van der Waals surface area contributed by atoms with Crippen molar-refractivity contribution in [1.82, 2.24) is 16.0 Å². The fraction of sp³-hybridized carbons (Fsp3) is 0.333. The normalized spacial score (nSPS) is 11.8. The molecule has 0 aliphatic rings. The molecule has 0 fully saturated rings. The Bertz CT molecular complexity index is 639. The first-order chi connectivity index (χ1) is 11.6. The van der Waals surface area contributed by atoms with Crippen molar-refractivity contribution in [1.29, 1.82) is 0 Å². The van der Waals surface area contributed by atoms with E-state index in [1.807, 2.05) is 30.3 Å². The van der Waals surface area contributed by atoms with Gasteiger partial charge in [0.1, 0.15) is 0 Å². The second kappa shape index (κ2) is 8.76. The number of hydrogen-bond donors (Lipinski definition) is 3. The van der Waals surface area contributed by atoms with E-state index in [4.69, 9.17) is 4.42 Å². The highest BCUT2D eigenvalue weighted by Crippen LogP contribution is 2.20. The summed E-state index contributed by atoms with van der Waals surface area (Å²) >= 11 is 0. The van der Waals surface area contributed by atoms with E-state index in [1.165, 1.54) is 6.26 Å². The van der Waals surface area contributed by atoms with Crippen molar-refractivity contribution < 1.29 is 14.0 Å². The van der Waals surface area contributed by atoms with E-state index in [9.17, 15) is 9.59 Å². The van der Waals surface area contributed by atoms with Crippen molar-refractivity contribution in [2.75, 3.05) is 13.1 Å². The molecule has 0 saturated carbocycles. The molecule has 0 radical (unpaired) electrons. The van der Waals surface area contributed by atoms with E-state index >= 15 is 0 Å². The SMILES string of the molecule is CC(C)C(NC(=O)NCCNC(=O)c1ccco1)c1ccccc1. The summed E-state index contributed by atoms with van der Waals surface area (Å²) in [6, 6.07) is 12.8. The van der Waals surface area contributed by atoms with Crippen molar-refractivity contribution in [2.45, 2.75) is 19.9 Å². The number of nitrogens with one attached hydrogen (secondary N) is 3. The van der Waals surface area contributed by atoms with Gasteiger partial charge in [-0.3, -0.25) is 4.79 Å². The van der Waals surface area contributed by atoms with Crippen molar-refractivity contribution in [3.8, 4) is 0 Å².